The molecule has 1 amide bonds. The van der Waals surface area contributed by atoms with Gasteiger partial charge in [0.15, 0.2) is 5.69 Å². The lowest BCUT2D eigenvalue weighted by atomic mass is 10.1. The number of nitrogens with zero attached hydrogens (tertiary/aromatic N) is 3. The van der Waals surface area contributed by atoms with Crippen LogP contribution in [0, 0.1) is 11.3 Å². The average molecular weight is 260 g/mol. The fraction of sp³-hybridized carbons (Fsp3) is 0.333. The summed E-state index contributed by atoms with van der Waals surface area (Å²) in [6.07, 6.45) is 1.17. The van der Waals surface area contributed by atoms with Crippen LogP contribution in [0.3, 0.4) is 0 Å². The summed E-state index contributed by atoms with van der Waals surface area (Å²) in [5.74, 6) is -1.41. The van der Waals surface area contributed by atoms with Crippen molar-refractivity contribution in [1.82, 2.24) is 10.3 Å². The smallest absolute Gasteiger partial charge is 0.305 e. The molecule has 1 aromatic rings. The molecule has 1 saturated heterocycles. The Hall–Kier alpha value is -2.62. The highest BCUT2D eigenvalue weighted by Gasteiger charge is 2.33. The van der Waals surface area contributed by atoms with Crippen molar-refractivity contribution in [2.45, 2.75) is 12.5 Å². The quantitative estimate of drug-likeness (QED) is 0.775. The van der Waals surface area contributed by atoms with Crippen molar-refractivity contribution in [2.24, 2.45) is 0 Å². The lowest BCUT2D eigenvalue weighted by molar-refractivity contribution is -0.139. The van der Waals surface area contributed by atoms with Gasteiger partial charge in [-0.1, -0.05) is 0 Å². The molecule has 2 rings (SSSR count). The topological polar surface area (TPSA) is 106 Å². The van der Waals surface area contributed by atoms with Crippen molar-refractivity contribution in [3.8, 4) is 6.07 Å². The summed E-state index contributed by atoms with van der Waals surface area (Å²) in [7, 11) is 0. The van der Waals surface area contributed by atoms with E-state index in [2.05, 4.69) is 10.3 Å². The van der Waals surface area contributed by atoms with Gasteiger partial charge in [0.05, 0.1) is 12.1 Å². The number of carbonyl (C=O) groups is 2. The molecule has 7 heteroatoms. The molecule has 1 fully saturated rings. The zero-order valence-corrected chi connectivity index (χ0v) is 10.0. The van der Waals surface area contributed by atoms with Gasteiger partial charge in [0.1, 0.15) is 12.1 Å². The van der Waals surface area contributed by atoms with Crippen LogP contribution in [0.1, 0.15) is 12.1 Å². The fourth-order valence-electron chi connectivity index (χ4n) is 2.09. The van der Waals surface area contributed by atoms with Crippen LogP contribution in [-0.4, -0.2) is 41.1 Å². The molecule has 19 heavy (non-hydrogen) atoms. The Morgan fingerprint density at radius 2 is 2.47 bits per heavy atom. The van der Waals surface area contributed by atoms with E-state index in [1.807, 2.05) is 6.07 Å². The van der Waals surface area contributed by atoms with Crippen molar-refractivity contribution >= 4 is 17.6 Å². The third-order valence-electron chi connectivity index (χ3n) is 2.90. The third-order valence-corrected chi connectivity index (χ3v) is 2.90. The standard InChI is InChI=1S/C12H12N4O3/c13-7-8-9(2-1-3-14-8)16-5-4-15-12(19)10(16)6-11(17)18/h1-3,10H,4-6H2,(H,15,19)(H,17,18). The van der Waals surface area contributed by atoms with Gasteiger partial charge < -0.3 is 15.3 Å². The zero-order valence-electron chi connectivity index (χ0n) is 10.0. The average Bonchev–Trinajstić information content (AvgIpc) is 2.40. The predicted octanol–water partition coefficient (Wildman–Crippen LogP) is -0.267. The summed E-state index contributed by atoms with van der Waals surface area (Å²) in [5.41, 5.74) is 0.679. The van der Waals surface area contributed by atoms with E-state index in [1.165, 1.54) is 6.20 Å². The molecule has 2 heterocycles. The summed E-state index contributed by atoms with van der Waals surface area (Å²) >= 11 is 0. The lowest BCUT2D eigenvalue weighted by Crippen LogP contribution is -2.56. The van der Waals surface area contributed by atoms with E-state index in [-0.39, 0.29) is 18.0 Å². The predicted molar refractivity (Wildman–Crippen MR) is 65.3 cm³/mol. The number of hydrogen-bond donors (Lipinski definition) is 2. The van der Waals surface area contributed by atoms with E-state index in [0.29, 0.717) is 18.8 Å². The molecule has 1 unspecified atom stereocenters. The monoisotopic (exact) mass is 260 g/mol. The third kappa shape index (κ3) is 2.63. The minimum atomic E-state index is -1.06. The van der Waals surface area contributed by atoms with Crippen LogP contribution in [-0.2, 0) is 9.59 Å². The second kappa shape index (κ2) is 5.35. The van der Waals surface area contributed by atoms with Gasteiger partial charge in [-0.15, -0.1) is 0 Å². The Labute approximate surface area is 109 Å². The molecular formula is C12H12N4O3. The van der Waals surface area contributed by atoms with E-state index in [4.69, 9.17) is 10.4 Å². The minimum absolute atomic E-state index is 0.188. The second-order valence-corrected chi connectivity index (χ2v) is 4.08. The molecule has 2 N–H and O–H groups in total. The van der Waals surface area contributed by atoms with E-state index in [9.17, 15) is 9.59 Å². The molecule has 1 atom stereocenters. The zero-order chi connectivity index (χ0) is 13.8. The number of carboxylic acid groups (broad SMARTS) is 1. The normalized spacial score (nSPS) is 18.6. The molecule has 0 bridgehead atoms. The van der Waals surface area contributed by atoms with E-state index >= 15 is 0 Å². The van der Waals surface area contributed by atoms with Crippen molar-refractivity contribution in [3.05, 3.63) is 24.0 Å². The molecular weight excluding hydrogens is 248 g/mol. The number of aromatic nitrogens is 1. The number of piperazine rings is 1. The number of amides is 1. The summed E-state index contributed by atoms with van der Waals surface area (Å²) in [6, 6.07) is 4.45. The maximum atomic E-state index is 11.8. The summed E-state index contributed by atoms with van der Waals surface area (Å²) in [4.78, 5) is 28.2. The highest BCUT2D eigenvalue weighted by Crippen LogP contribution is 2.23. The molecule has 1 aliphatic heterocycles. The van der Waals surface area contributed by atoms with Crippen LogP contribution in [0.25, 0.3) is 0 Å². The number of anilines is 1. The first-order valence-electron chi connectivity index (χ1n) is 5.74. The summed E-state index contributed by atoms with van der Waals surface area (Å²) in [5, 5.41) is 20.5. The molecule has 0 radical (unpaired) electrons. The first kappa shape index (κ1) is 12.8. The number of hydrogen-bond acceptors (Lipinski definition) is 5. The Kier molecular flexibility index (Phi) is 3.61. The Morgan fingerprint density at radius 1 is 1.68 bits per heavy atom. The van der Waals surface area contributed by atoms with Crippen LogP contribution in [0.4, 0.5) is 5.69 Å². The minimum Gasteiger partial charge on any atom is -0.481 e. The number of nitriles is 1. The summed E-state index contributed by atoms with van der Waals surface area (Å²) in [6.45, 7) is 0.860. The van der Waals surface area contributed by atoms with Crippen molar-refractivity contribution < 1.29 is 14.7 Å². The molecule has 0 saturated carbocycles. The Morgan fingerprint density at radius 3 is 3.16 bits per heavy atom. The number of pyridine rings is 1. The second-order valence-electron chi connectivity index (χ2n) is 4.08. The van der Waals surface area contributed by atoms with E-state index in [1.54, 1.807) is 17.0 Å². The molecule has 0 spiro atoms. The Bertz CT molecular complexity index is 552. The highest BCUT2D eigenvalue weighted by molar-refractivity contribution is 5.90. The molecule has 0 aromatic carbocycles. The van der Waals surface area contributed by atoms with Crippen LogP contribution < -0.4 is 10.2 Å². The van der Waals surface area contributed by atoms with Gasteiger partial charge >= 0.3 is 5.97 Å². The summed E-state index contributed by atoms with van der Waals surface area (Å²) < 4.78 is 0. The van der Waals surface area contributed by atoms with Crippen LogP contribution >= 0.6 is 0 Å². The lowest BCUT2D eigenvalue weighted by Gasteiger charge is -2.36. The molecule has 0 aliphatic carbocycles. The van der Waals surface area contributed by atoms with Crippen molar-refractivity contribution in [1.29, 1.82) is 5.26 Å². The van der Waals surface area contributed by atoms with Crippen molar-refractivity contribution in [3.63, 3.8) is 0 Å². The van der Waals surface area contributed by atoms with Gasteiger partial charge in [-0.2, -0.15) is 5.26 Å². The van der Waals surface area contributed by atoms with Crippen molar-refractivity contribution in [2.75, 3.05) is 18.0 Å². The number of carbonyl (C=O) groups excluding carboxylic acids is 1. The maximum Gasteiger partial charge on any atom is 0.305 e. The van der Waals surface area contributed by atoms with Crippen LogP contribution in [0.15, 0.2) is 18.3 Å². The van der Waals surface area contributed by atoms with Gasteiger partial charge in [-0.25, -0.2) is 4.98 Å². The van der Waals surface area contributed by atoms with Gasteiger partial charge in [0.2, 0.25) is 5.91 Å². The number of aliphatic carboxylic acids is 1. The highest BCUT2D eigenvalue weighted by atomic mass is 16.4. The molecule has 7 nitrogen and oxygen atoms in total. The van der Waals surface area contributed by atoms with Crippen LogP contribution in [0.2, 0.25) is 0 Å². The van der Waals surface area contributed by atoms with Gasteiger partial charge in [0, 0.05) is 19.3 Å². The molecule has 98 valence electrons. The number of carboxylic acids is 1. The number of rotatable bonds is 3. The van der Waals surface area contributed by atoms with E-state index in [0.717, 1.165) is 0 Å². The van der Waals surface area contributed by atoms with Gasteiger partial charge in [-0.05, 0) is 12.1 Å². The molecule has 1 aromatic heterocycles. The number of nitrogens with one attached hydrogen (secondary N) is 1. The maximum absolute atomic E-state index is 11.8. The van der Waals surface area contributed by atoms with Gasteiger partial charge in [0.25, 0.3) is 0 Å². The first-order valence-corrected chi connectivity index (χ1v) is 5.74. The fourth-order valence-corrected chi connectivity index (χ4v) is 2.09. The first-order chi connectivity index (χ1) is 9.13. The van der Waals surface area contributed by atoms with Gasteiger partial charge in [-0.3, -0.25) is 9.59 Å². The largest absolute Gasteiger partial charge is 0.481 e. The van der Waals surface area contributed by atoms with E-state index < -0.39 is 12.0 Å². The molecule has 1 aliphatic rings. The SMILES string of the molecule is N#Cc1ncccc1N1CCNC(=O)C1CC(=O)O. The Balaban J connectivity index is 2.37. The van der Waals surface area contributed by atoms with Crippen LogP contribution in [0.5, 0.6) is 0 Å².